The zero-order valence-corrected chi connectivity index (χ0v) is 16.6. The third-order valence-electron chi connectivity index (χ3n) is 6.14. The summed E-state index contributed by atoms with van der Waals surface area (Å²) < 4.78 is 2.29. The highest BCUT2D eigenvalue weighted by atomic mass is 16.2. The summed E-state index contributed by atoms with van der Waals surface area (Å²) in [7, 11) is 2.13. The minimum Gasteiger partial charge on any atom is -0.347 e. The van der Waals surface area contributed by atoms with Crippen LogP contribution in [0.3, 0.4) is 0 Å². The molecule has 1 aromatic heterocycles. The second-order valence-electron chi connectivity index (χ2n) is 7.77. The number of nitrogens with zero attached hydrogens (tertiary/aromatic N) is 2. The number of benzene rings is 3. The molecule has 0 saturated carbocycles. The molecule has 0 bridgehead atoms. The largest absolute Gasteiger partial charge is 0.347 e. The highest BCUT2D eigenvalue weighted by molar-refractivity contribution is 5.90. The maximum Gasteiger partial charge on any atom is 0.234 e. The lowest BCUT2D eigenvalue weighted by Gasteiger charge is -2.31. The number of amides is 1. The molecule has 3 nitrogen and oxygen atoms in total. The number of hydrogen-bond acceptors (Lipinski definition) is 1. The molecule has 3 aromatic carbocycles. The molecule has 2 heterocycles. The van der Waals surface area contributed by atoms with Gasteiger partial charge in [0.2, 0.25) is 5.91 Å². The molecule has 0 fully saturated rings. The molecule has 1 aliphatic rings. The predicted octanol–water partition coefficient (Wildman–Crippen LogP) is 4.90. The predicted molar refractivity (Wildman–Crippen MR) is 117 cm³/mol. The molecule has 3 heteroatoms. The Morgan fingerprint density at radius 2 is 1.41 bits per heavy atom. The van der Waals surface area contributed by atoms with Gasteiger partial charge < -0.3 is 9.47 Å². The smallest absolute Gasteiger partial charge is 0.234 e. The molecule has 29 heavy (non-hydrogen) atoms. The summed E-state index contributed by atoms with van der Waals surface area (Å²) in [6, 6.07) is 28.8. The van der Waals surface area contributed by atoms with Gasteiger partial charge in [0.15, 0.2) is 0 Å². The molecule has 0 aliphatic carbocycles. The molecule has 0 N–H and O–H groups in total. The van der Waals surface area contributed by atoms with Crippen LogP contribution in [0.25, 0.3) is 10.9 Å². The summed E-state index contributed by atoms with van der Waals surface area (Å²) in [5.74, 6) is -0.0880. The van der Waals surface area contributed by atoms with Crippen molar-refractivity contribution in [3.8, 4) is 0 Å². The highest BCUT2D eigenvalue weighted by Crippen LogP contribution is 2.33. The van der Waals surface area contributed by atoms with Gasteiger partial charge in [-0.3, -0.25) is 4.79 Å². The molecule has 0 radical (unpaired) electrons. The van der Waals surface area contributed by atoms with Crippen LogP contribution in [0.5, 0.6) is 0 Å². The van der Waals surface area contributed by atoms with Crippen molar-refractivity contribution in [3.05, 3.63) is 107 Å². The monoisotopic (exact) mass is 380 g/mol. The Bertz CT molecular complexity index is 1120. The zero-order valence-electron chi connectivity index (χ0n) is 16.6. The van der Waals surface area contributed by atoms with E-state index in [9.17, 15) is 4.79 Å². The van der Waals surface area contributed by atoms with Gasteiger partial charge in [0.05, 0.1) is 5.92 Å². The van der Waals surface area contributed by atoms with E-state index in [1.165, 1.54) is 22.2 Å². The van der Waals surface area contributed by atoms with Crippen LogP contribution in [0.1, 0.15) is 28.3 Å². The van der Waals surface area contributed by atoms with E-state index in [-0.39, 0.29) is 11.8 Å². The van der Waals surface area contributed by atoms with Crippen molar-refractivity contribution >= 4 is 16.8 Å². The third-order valence-corrected chi connectivity index (χ3v) is 6.14. The maximum atomic E-state index is 13.8. The van der Waals surface area contributed by atoms with E-state index in [1.54, 1.807) is 0 Å². The first-order chi connectivity index (χ1) is 14.2. The number of rotatable bonds is 3. The third kappa shape index (κ3) is 3.03. The molecular formula is C26H24N2O. The first kappa shape index (κ1) is 17.7. The van der Waals surface area contributed by atoms with Crippen LogP contribution in [0.15, 0.2) is 84.9 Å². The number of carbonyl (C=O) groups excluding carboxylic acids is 1. The number of aromatic nitrogens is 1. The van der Waals surface area contributed by atoms with E-state index in [0.717, 1.165) is 24.1 Å². The van der Waals surface area contributed by atoms with Crippen LogP contribution in [0.4, 0.5) is 0 Å². The second-order valence-corrected chi connectivity index (χ2v) is 7.77. The van der Waals surface area contributed by atoms with Gasteiger partial charge in [0, 0.05) is 48.7 Å². The number of carbonyl (C=O) groups is 1. The Morgan fingerprint density at radius 1 is 0.828 bits per heavy atom. The Hall–Kier alpha value is -3.33. The van der Waals surface area contributed by atoms with Gasteiger partial charge in [0.25, 0.3) is 0 Å². The van der Waals surface area contributed by atoms with Crippen LogP contribution < -0.4 is 0 Å². The van der Waals surface area contributed by atoms with Gasteiger partial charge in [0.1, 0.15) is 0 Å². The van der Waals surface area contributed by atoms with E-state index in [4.69, 9.17) is 0 Å². The lowest BCUT2D eigenvalue weighted by Crippen LogP contribution is -2.39. The average Bonchev–Trinajstić information content (AvgIpc) is 3.07. The van der Waals surface area contributed by atoms with Gasteiger partial charge >= 0.3 is 0 Å². The molecule has 1 amide bonds. The molecule has 4 aromatic rings. The number of hydrogen-bond donors (Lipinski definition) is 0. The van der Waals surface area contributed by atoms with E-state index >= 15 is 0 Å². The van der Waals surface area contributed by atoms with Gasteiger partial charge in [-0.2, -0.15) is 0 Å². The summed E-state index contributed by atoms with van der Waals surface area (Å²) >= 11 is 0. The SMILES string of the molecule is Cn1c2c(c3ccccc31)CN(C(=O)C(c1ccccc1)c1ccccc1)CC2. The molecule has 144 valence electrons. The van der Waals surface area contributed by atoms with Crippen LogP contribution in [-0.4, -0.2) is 21.9 Å². The van der Waals surface area contributed by atoms with Gasteiger partial charge in [-0.25, -0.2) is 0 Å². The standard InChI is InChI=1S/C26H24N2O/c1-27-23-15-9-8-14-21(23)22-18-28(17-16-24(22)27)26(29)25(19-10-4-2-5-11-19)20-12-6-3-7-13-20/h2-15,25H,16-18H2,1H3. The van der Waals surface area contributed by atoms with Crippen molar-refractivity contribution in [2.75, 3.05) is 6.54 Å². The lowest BCUT2D eigenvalue weighted by molar-refractivity contribution is -0.132. The van der Waals surface area contributed by atoms with Gasteiger partial charge in [-0.05, 0) is 17.2 Å². The fraction of sp³-hybridized carbons (Fsp3) is 0.192. The zero-order chi connectivity index (χ0) is 19.8. The van der Waals surface area contributed by atoms with E-state index in [2.05, 4.69) is 60.1 Å². The normalized spacial score (nSPS) is 13.7. The Labute approximate surface area is 171 Å². The van der Waals surface area contributed by atoms with E-state index in [1.807, 2.05) is 41.3 Å². The molecule has 0 saturated heterocycles. The summed E-state index contributed by atoms with van der Waals surface area (Å²) in [6.07, 6.45) is 0.891. The molecule has 1 aliphatic heterocycles. The summed E-state index contributed by atoms with van der Waals surface area (Å²) in [6.45, 7) is 1.43. The van der Waals surface area contributed by atoms with Crippen LogP contribution >= 0.6 is 0 Å². The number of para-hydroxylation sites is 1. The Balaban J connectivity index is 1.53. The molecule has 5 rings (SSSR count). The first-order valence-electron chi connectivity index (χ1n) is 10.2. The minimum atomic E-state index is -0.270. The Kier molecular flexibility index (Phi) is 4.44. The highest BCUT2D eigenvalue weighted by Gasteiger charge is 2.31. The summed E-state index contributed by atoms with van der Waals surface area (Å²) in [4.78, 5) is 15.8. The van der Waals surface area contributed by atoms with Crippen molar-refractivity contribution < 1.29 is 4.79 Å². The first-order valence-corrected chi connectivity index (χ1v) is 10.2. The van der Waals surface area contributed by atoms with Crippen LogP contribution in [-0.2, 0) is 24.8 Å². The van der Waals surface area contributed by atoms with Gasteiger partial charge in [-0.15, -0.1) is 0 Å². The maximum absolute atomic E-state index is 13.8. The summed E-state index contributed by atoms with van der Waals surface area (Å²) in [5, 5.41) is 1.26. The van der Waals surface area contributed by atoms with E-state index < -0.39 is 0 Å². The lowest BCUT2D eigenvalue weighted by atomic mass is 9.89. The van der Waals surface area contributed by atoms with Crippen molar-refractivity contribution in [3.63, 3.8) is 0 Å². The van der Waals surface area contributed by atoms with Gasteiger partial charge in [-0.1, -0.05) is 78.9 Å². The van der Waals surface area contributed by atoms with Crippen molar-refractivity contribution in [2.45, 2.75) is 18.9 Å². The number of aryl methyl sites for hydroxylation is 1. The summed E-state index contributed by atoms with van der Waals surface area (Å²) in [5.41, 5.74) is 5.99. The number of fused-ring (bicyclic) bond motifs is 3. The van der Waals surface area contributed by atoms with Crippen LogP contribution in [0.2, 0.25) is 0 Å². The van der Waals surface area contributed by atoms with Crippen molar-refractivity contribution in [1.82, 2.24) is 9.47 Å². The Morgan fingerprint density at radius 3 is 2.07 bits per heavy atom. The van der Waals surface area contributed by atoms with Crippen LogP contribution in [0, 0.1) is 0 Å². The molecule has 0 unspecified atom stereocenters. The average molecular weight is 380 g/mol. The second kappa shape index (κ2) is 7.25. The van der Waals surface area contributed by atoms with Crippen molar-refractivity contribution in [1.29, 1.82) is 0 Å². The fourth-order valence-corrected chi connectivity index (χ4v) is 4.67. The van der Waals surface area contributed by atoms with Crippen molar-refractivity contribution in [2.24, 2.45) is 7.05 Å². The van der Waals surface area contributed by atoms with E-state index in [0.29, 0.717) is 6.54 Å². The molecule has 0 spiro atoms. The molecular weight excluding hydrogens is 356 g/mol. The molecule has 0 atom stereocenters. The fourth-order valence-electron chi connectivity index (χ4n) is 4.67. The minimum absolute atomic E-state index is 0.181. The topological polar surface area (TPSA) is 25.2 Å². The quantitative estimate of drug-likeness (QED) is 0.496.